The van der Waals surface area contributed by atoms with E-state index in [0.29, 0.717) is 11.4 Å². The van der Waals surface area contributed by atoms with Gasteiger partial charge in [-0.1, -0.05) is 0 Å². The van der Waals surface area contributed by atoms with Crippen molar-refractivity contribution in [2.24, 2.45) is 11.8 Å². The van der Waals surface area contributed by atoms with Gasteiger partial charge in [0.1, 0.15) is 12.0 Å². The van der Waals surface area contributed by atoms with Crippen LogP contribution in [0.1, 0.15) is 25.7 Å². The predicted octanol–water partition coefficient (Wildman–Crippen LogP) is 1.29. The predicted molar refractivity (Wildman–Crippen MR) is 68.4 cm³/mol. The summed E-state index contributed by atoms with van der Waals surface area (Å²) in [7, 11) is 2.94. The molecule has 0 aliphatic heterocycles. The summed E-state index contributed by atoms with van der Waals surface area (Å²) in [6.45, 7) is 0. The Morgan fingerprint density at radius 3 is 2.39 bits per heavy atom. The summed E-state index contributed by atoms with van der Waals surface area (Å²) in [6.07, 6.45) is 5.85. The number of esters is 1. The van der Waals surface area contributed by atoms with E-state index in [1.807, 2.05) is 0 Å². The van der Waals surface area contributed by atoms with E-state index in [4.69, 9.17) is 5.41 Å². The van der Waals surface area contributed by atoms with Gasteiger partial charge in [0.2, 0.25) is 0 Å². The van der Waals surface area contributed by atoms with Crippen LogP contribution in [0, 0.1) is 17.2 Å². The van der Waals surface area contributed by atoms with Gasteiger partial charge in [0.25, 0.3) is 0 Å². The monoisotopic (exact) mass is 252 g/mol. The smallest absolute Gasteiger partial charge is 0.354 e. The van der Waals surface area contributed by atoms with E-state index < -0.39 is 5.97 Å². The van der Waals surface area contributed by atoms with Crippen molar-refractivity contribution >= 4 is 18.0 Å². The van der Waals surface area contributed by atoms with Gasteiger partial charge in [-0.05, 0) is 31.8 Å². The third-order valence-corrected chi connectivity index (χ3v) is 3.38. The maximum atomic E-state index is 11.4. The second-order valence-electron chi connectivity index (χ2n) is 4.50. The second-order valence-corrected chi connectivity index (χ2v) is 4.50. The fourth-order valence-electron chi connectivity index (χ4n) is 2.18. The molecule has 0 bridgehead atoms. The van der Waals surface area contributed by atoms with E-state index in [-0.39, 0.29) is 11.8 Å². The summed E-state index contributed by atoms with van der Waals surface area (Å²) >= 11 is 0. The van der Waals surface area contributed by atoms with Gasteiger partial charge in [-0.2, -0.15) is 0 Å². The number of hydrogen-bond acceptors (Lipinski definition) is 5. The quantitative estimate of drug-likeness (QED) is 0.334. The normalized spacial score (nSPS) is 24.2. The van der Waals surface area contributed by atoms with Crippen molar-refractivity contribution in [1.29, 1.82) is 5.41 Å². The van der Waals surface area contributed by atoms with Gasteiger partial charge < -0.3 is 20.3 Å². The number of ether oxygens (including phenoxy) is 1. The van der Waals surface area contributed by atoms with Gasteiger partial charge in [-0.25, -0.2) is 4.79 Å². The van der Waals surface area contributed by atoms with Crippen LogP contribution in [0.15, 0.2) is 11.8 Å². The van der Waals surface area contributed by atoms with E-state index in [2.05, 4.69) is 10.1 Å². The van der Waals surface area contributed by atoms with E-state index in [1.165, 1.54) is 13.2 Å². The maximum Gasteiger partial charge on any atom is 0.354 e. The zero-order chi connectivity index (χ0) is 13.5. The Balaban J connectivity index is 2.62. The van der Waals surface area contributed by atoms with Crippen molar-refractivity contribution in [3.05, 3.63) is 11.8 Å². The molecule has 0 aromatic rings. The fourth-order valence-corrected chi connectivity index (χ4v) is 2.18. The average molecular weight is 252 g/mol. The van der Waals surface area contributed by atoms with Crippen LogP contribution in [0.3, 0.4) is 0 Å². The molecule has 0 unspecified atom stereocenters. The zero-order valence-corrected chi connectivity index (χ0v) is 10.9. The minimum atomic E-state index is -0.469. The Kier molecular flexibility index (Phi) is 5.55. The van der Waals surface area contributed by atoms with Crippen molar-refractivity contribution < 1.29 is 14.3 Å². The van der Waals surface area contributed by atoms with E-state index in [9.17, 15) is 9.59 Å². The number of nitrogens with one attached hydrogen (secondary N) is 2. The minimum absolute atomic E-state index is 0.134. The highest BCUT2D eigenvalue weighted by molar-refractivity contribution is 6.01. The average Bonchev–Trinajstić information content (AvgIpc) is 2.43. The molecule has 0 saturated heterocycles. The van der Waals surface area contributed by atoms with E-state index in [0.717, 1.165) is 32.0 Å². The molecule has 1 saturated carbocycles. The van der Waals surface area contributed by atoms with Gasteiger partial charge in [0.05, 0.1) is 7.11 Å². The maximum absolute atomic E-state index is 11.4. The number of aldehydes is 1. The highest BCUT2D eigenvalue weighted by Gasteiger charge is 2.23. The third-order valence-electron chi connectivity index (χ3n) is 3.38. The first-order chi connectivity index (χ1) is 8.62. The molecule has 1 rings (SSSR count). The number of methoxy groups -OCH3 is 1. The number of likely N-dealkylation sites (N-methyl/N-ethyl adjacent to an activating group) is 1. The Bertz CT molecular complexity index is 355. The topological polar surface area (TPSA) is 79.3 Å². The van der Waals surface area contributed by atoms with Crippen molar-refractivity contribution in [3.8, 4) is 0 Å². The molecule has 18 heavy (non-hydrogen) atoms. The standard InChI is InChI=1S/C13H20N2O3/c1-15-12(13(17)18-2)7-11(14)10-5-3-9(8-16)4-6-10/h7-10,14-15H,3-6H2,1-2H3/b12-7-,14-11?. The highest BCUT2D eigenvalue weighted by Crippen LogP contribution is 2.28. The molecule has 0 radical (unpaired) electrons. The van der Waals surface area contributed by atoms with Crippen molar-refractivity contribution in [2.45, 2.75) is 25.7 Å². The molecule has 2 N–H and O–H groups in total. The molecule has 0 aromatic heterocycles. The lowest BCUT2D eigenvalue weighted by Crippen LogP contribution is -2.24. The molecule has 0 amide bonds. The lowest BCUT2D eigenvalue weighted by Gasteiger charge is -2.25. The molecule has 1 aliphatic rings. The van der Waals surface area contributed by atoms with Crippen LogP contribution >= 0.6 is 0 Å². The number of allylic oxidation sites excluding steroid dienone is 1. The summed E-state index contributed by atoms with van der Waals surface area (Å²) in [6, 6.07) is 0. The van der Waals surface area contributed by atoms with Gasteiger partial charge in [0.15, 0.2) is 0 Å². The number of rotatable bonds is 5. The summed E-state index contributed by atoms with van der Waals surface area (Å²) < 4.78 is 4.61. The summed E-state index contributed by atoms with van der Waals surface area (Å²) in [5, 5.41) is 10.7. The highest BCUT2D eigenvalue weighted by atomic mass is 16.5. The Hall–Kier alpha value is -1.65. The SMILES string of the molecule is CN/C(=C\C(=N)C1CCC(C=O)CC1)C(=O)OC. The minimum Gasteiger partial charge on any atom is -0.464 e. The summed E-state index contributed by atoms with van der Waals surface area (Å²) in [5.74, 6) is -0.194. The zero-order valence-electron chi connectivity index (χ0n) is 10.9. The lowest BCUT2D eigenvalue weighted by atomic mass is 9.80. The van der Waals surface area contributed by atoms with Crippen molar-refractivity contribution in [3.63, 3.8) is 0 Å². The number of carbonyl (C=O) groups is 2. The number of carbonyl (C=O) groups excluding carboxylic acids is 2. The van der Waals surface area contributed by atoms with Crippen LogP contribution in [0.25, 0.3) is 0 Å². The molecule has 0 heterocycles. The molecule has 1 aliphatic carbocycles. The van der Waals surface area contributed by atoms with Crippen LogP contribution < -0.4 is 5.32 Å². The Labute approximate surface area is 107 Å². The molecular weight excluding hydrogens is 232 g/mol. The molecule has 0 atom stereocenters. The lowest BCUT2D eigenvalue weighted by molar-refractivity contribution is -0.136. The fraction of sp³-hybridized carbons (Fsp3) is 0.615. The molecule has 0 aromatic carbocycles. The summed E-state index contributed by atoms with van der Waals surface area (Å²) in [4.78, 5) is 22.0. The Morgan fingerprint density at radius 2 is 1.94 bits per heavy atom. The van der Waals surface area contributed by atoms with Crippen LogP contribution in [0.2, 0.25) is 0 Å². The molecule has 5 nitrogen and oxygen atoms in total. The van der Waals surface area contributed by atoms with Gasteiger partial charge in [-0.3, -0.25) is 0 Å². The van der Waals surface area contributed by atoms with E-state index in [1.54, 1.807) is 7.05 Å². The largest absolute Gasteiger partial charge is 0.464 e. The molecule has 100 valence electrons. The number of hydrogen-bond donors (Lipinski definition) is 2. The van der Waals surface area contributed by atoms with Gasteiger partial charge in [-0.15, -0.1) is 0 Å². The molecular formula is C13H20N2O3. The Morgan fingerprint density at radius 1 is 1.33 bits per heavy atom. The van der Waals surface area contributed by atoms with Gasteiger partial charge in [0, 0.05) is 24.6 Å². The molecule has 1 fully saturated rings. The first-order valence-electron chi connectivity index (χ1n) is 6.13. The second kappa shape index (κ2) is 6.93. The van der Waals surface area contributed by atoms with Crippen LogP contribution in [0.4, 0.5) is 0 Å². The van der Waals surface area contributed by atoms with Crippen LogP contribution in [-0.2, 0) is 14.3 Å². The van der Waals surface area contributed by atoms with Crippen LogP contribution in [0.5, 0.6) is 0 Å². The van der Waals surface area contributed by atoms with Crippen LogP contribution in [-0.4, -0.2) is 32.1 Å². The van der Waals surface area contributed by atoms with Gasteiger partial charge >= 0.3 is 5.97 Å². The third kappa shape index (κ3) is 3.68. The first-order valence-corrected chi connectivity index (χ1v) is 6.13. The summed E-state index contributed by atoms with van der Waals surface area (Å²) in [5.41, 5.74) is 0.717. The van der Waals surface area contributed by atoms with Crippen molar-refractivity contribution in [1.82, 2.24) is 5.32 Å². The molecule has 5 heteroatoms. The first kappa shape index (κ1) is 14.4. The van der Waals surface area contributed by atoms with E-state index >= 15 is 0 Å². The van der Waals surface area contributed by atoms with Crippen molar-refractivity contribution in [2.75, 3.05) is 14.2 Å². The molecule has 0 spiro atoms.